The third-order valence-electron chi connectivity index (χ3n) is 3.40. The van der Waals surface area contributed by atoms with Crippen LogP contribution in [0.2, 0.25) is 0 Å². The Bertz CT molecular complexity index is 496. The molecule has 0 bridgehead atoms. The summed E-state index contributed by atoms with van der Waals surface area (Å²) in [5.74, 6) is 0.968. The van der Waals surface area contributed by atoms with Crippen molar-refractivity contribution in [3.05, 3.63) is 35.4 Å². The zero-order valence-corrected chi connectivity index (χ0v) is 12.2. The normalized spacial score (nSPS) is 24.9. The SMILES string of the molecule is CCC1(C)CSC(=NCc2ccc(C(F)(F)F)cc2)N1. The van der Waals surface area contributed by atoms with Crippen molar-refractivity contribution in [2.75, 3.05) is 5.75 Å². The van der Waals surface area contributed by atoms with Crippen molar-refractivity contribution in [1.82, 2.24) is 5.32 Å². The highest BCUT2D eigenvalue weighted by Crippen LogP contribution is 2.29. The molecule has 1 aromatic carbocycles. The van der Waals surface area contributed by atoms with Crippen molar-refractivity contribution in [2.24, 2.45) is 4.99 Å². The van der Waals surface area contributed by atoms with Gasteiger partial charge in [0, 0.05) is 11.3 Å². The monoisotopic (exact) mass is 302 g/mol. The summed E-state index contributed by atoms with van der Waals surface area (Å²) in [4.78, 5) is 4.42. The van der Waals surface area contributed by atoms with E-state index in [1.165, 1.54) is 12.1 Å². The van der Waals surface area contributed by atoms with Crippen molar-refractivity contribution in [3.63, 3.8) is 0 Å². The first kappa shape index (κ1) is 15.2. The van der Waals surface area contributed by atoms with Gasteiger partial charge in [-0.15, -0.1) is 0 Å². The van der Waals surface area contributed by atoms with Gasteiger partial charge in [0.2, 0.25) is 0 Å². The summed E-state index contributed by atoms with van der Waals surface area (Å²) in [6, 6.07) is 5.15. The van der Waals surface area contributed by atoms with Gasteiger partial charge in [-0.05, 0) is 31.0 Å². The van der Waals surface area contributed by atoms with Gasteiger partial charge >= 0.3 is 6.18 Å². The lowest BCUT2D eigenvalue weighted by molar-refractivity contribution is -0.137. The fourth-order valence-electron chi connectivity index (χ4n) is 1.80. The lowest BCUT2D eigenvalue weighted by Gasteiger charge is -2.20. The summed E-state index contributed by atoms with van der Waals surface area (Å²) < 4.78 is 37.3. The highest BCUT2D eigenvalue weighted by Gasteiger charge is 2.31. The number of amidine groups is 1. The van der Waals surface area contributed by atoms with E-state index in [9.17, 15) is 13.2 Å². The third-order valence-corrected chi connectivity index (χ3v) is 4.69. The van der Waals surface area contributed by atoms with Crippen LogP contribution in [0.4, 0.5) is 13.2 Å². The van der Waals surface area contributed by atoms with Gasteiger partial charge in [-0.3, -0.25) is 4.99 Å². The average Bonchev–Trinajstić information content (AvgIpc) is 2.79. The molecule has 2 nitrogen and oxygen atoms in total. The lowest BCUT2D eigenvalue weighted by atomic mass is 10.0. The molecule has 20 heavy (non-hydrogen) atoms. The molecule has 1 fully saturated rings. The molecule has 0 saturated carbocycles. The predicted molar refractivity (Wildman–Crippen MR) is 76.9 cm³/mol. The first-order chi connectivity index (χ1) is 9.32. The first-order valence-electron chi connectivity index (χ1n) is 6.44. The summed E-state index contributed by atoms with van der Waals surface area (Å²) in [6.45, 7) is 4.65. The van der Waals surface area contributed by atoms with Crippen LogP contribution in [0.25, 0.3) is 0 Å². The van der Waals surface area contributed by atoms with Crippen LogP contribution in [-0.2, 0) is 12.7 Å². The highest BCUT2D eigenvalue weighted by molar-refractivity contribution is 8.14. The van der Waals surface area contributed by atoms with Crippen LogP contribution in [0, 0.1) is 0 Å². The van der Waals surface area contributed by atoms with E-state index < -0.39 is 11.7 Å². The van der Waals surface area contributed by atoms with Crippen LogP contribution < -0.4 is 5.32 Å². The molecule has 1 N–H and O–H groups in total. The molecule has 1 atom stereocenters. The number of nitrogens with zero attached hydrogens (tertiary/aromatic N) is 1. The number of nitrogens with one attached hydrogen (secondary N) is 1. The number of rotatable bonds is 3. The Labute approximate surface area is 120 Å². The van der Waals surface area contributed by atoms with E-state index in [4.69, 9.17) is 0 Å². The van der Waals surface area contributed by atoms with E-state index in [2.05, 4.69) is 24.2 Å². The second kappa shape index (κ2) is 5.68. The molecule has 2 rings (SSSR count). The molecule has 0 aliphatic carbocycles. The Hall–Kier alpha value is -1.17. The quantitative estimate of drug-likeness (QED) is 0.910. The number of aliphatic imine (C=N–C) groups is 1. The minimum atomic E-state index is -4.28. The molecule has 6 heteroatoms. The summed E-state index contributed by atoms with van der Waals surface area (Å²) in [5, 5.41) is 4.23. The molecule has 0 amide bonds. The second-order valence-corrected chi connectivity index (χ2v) is 6.11. The van der Waals surface area contributed by atoms with Crippen molar-refractivity contribution >= 4 is 16.9 Å². The largest absolute Gasteiger partial charge is 0.416 e. The smallest absolute Gasteiger partial charge is 0.359 e. The number of benzene rings is 1. The molecule has 1 saturated heterocycles. The van der Waals surface area contributed by atoms with Gasteiger partial charge < -0.3 is 5.32 Å². The Morgan fingerprint density at radius 2 is 1.95 bits per heavy atom. The third kappa shape index (κ3) is 3.69. The fourth-order valence-corrected chi connectivity index (χ4v) is 3.00. The molecule has 1 heterocycles. The van der Waals surface area contributed by atoms with Crippen LogP contribution in [0.3, 0.4) is 0 Å². The van der Waals surface area contributed by atoms with E-state index in [0.29, 0.717) is 6.54 Å². The summed E-state index contributed by atoms with van der Waals surface area (Å²) in [5.41, 5.74) is 0.225. The van der Waals surface area contributed by atoms with Crippen molar-refractivity contribution in [3.8, 4) is 0 Å². The maximum atomic E-state index is 12.4. The van der Waals surface area contributed by atoms with Gasteiger partial charge in [0.15, 0.2) is 5.17 Å². The van der Waals surface area contributed by atoms with E-state index in [1.807, 2.05) is 0 Å². The zero-order valence-electron chi connectivity index (χ0n) is 11.4. The molecule has 0 radical (unpaired) electrons. The zero-order chi connectivity index (χ0) is 14.8. The van der Waals surface area contributed by atoms with Crippen LogP contribution in [0.15, 0.2) is 29.3 Å². The van der Waals surface area contributed by atoms with Gasteiger partial charge in [-0.2, -0.15) is 13.2 Å². The Kier molecular flexibility index (Phi) is 4.32. The Balaban J connectivity index is 1.98. The molecule has 110 valence electrons. The molecular formula is C14H17F3N2S. The number of hydrogen-bond donors (Lipinski definition) is 1. The molecule has 0 spiro atoms. The molecule has 0 aromatic heterocycles. The summed E-state index contributed by atoms with van der Waals surface area (Å²) in [6.07, 6.45) is -3.27. The number of halogens is 3. The van der Waals surface area contributed by atoms with Crippen molar-refractivity contribution < 1.29 is 13.2 Å². The van der Waals surface area contributed by atoms with Gasteiger partial charge in [-0.1, -0.05) is 30.8 Å². The maximum absolute atomic E-state index is 12.4. The van der Waals surface area contributed by atoms with Crippen LogP contribution in [0.5, 0.6) is 0 Å². The predicted octanol–water partition coefficient (Wildman–Crippen LogP) is 4.07. The van der Waals surface area contributed by atoms with Crippen molar-refractivity contribution in [1.29, 1.82) is 0 Å². The van der Waals surface area contributed by atoms with Crippen LogP contribution in [0.1, 0.15) is 31.4 Å². The molecule has 1 unspecified atom stereocenters. The van der Waals surface area contributed by atoms with E-state index >= 15 is 0 Å². The van der Waals surface area contributed by atoms with E-state index in [-0.39, 0.29) is 5.54 Å². The standard InChI is InChI=1S/C14H17F3N2S/c1-3-13(2)9-20-12(19-13)18-8-10-4-6-11(7-5-10)14(15,16)17/h4-7H,3,8-9H2,1-2H3,(H,18,19). The maximum Gasteiger partial charge on any atom is 0.416 e. The number of alkyl halides is 3. The number of hydrogen-bond acceptors (Lipinski definition) is 2. The summed E-state index contributed by atoms with van der Waals surface area (Å²) >= 11 is 1.66. The highest BCUT2D eigenvalue weighted by atomic mass is 32.2. The van der Waals surface area contributed by atoms with Gasteiger partial charge in [0.1, 0.15) is 0 Å². The minimum Gasteiger partial charge on any atom is -0.359 e. The van der Waals surface area contributed by atoms with Gasteiger partial charge in [0.25, 0.3) is 0 Å². The lowest BCUT2D eigenvalue weighted by Crippen LogP contribution is -2.39. The Morgan fingerprint density at radius 1 is 1.30 bits per heavy atom. The molecule has 1 aliphatic heterocycles. The van der Waals surface area contributed by atoms with Crippen LogP contribution in [-0.4, -0.2) is 16.5 Å². The van der Waals surface area contributed by atoms with Gasteiger partial charge in [-0.25, -0.2) is 0 Å². The average molecular weight is 302 g/mol. The first-order valence-corrected chi connectivity index (χ1v) is 7.42. The topological polar surface area (TPSA) is 24.4 Å². The fraction of sp³-hybridized carbons (Fsp3) is 0.500. The molecule has 1 aliphatic rings. The molecular weight excluding hydrogens is 285 g/mol. The minimum absolute atomic E-state index is 0.0731. The summed E-state index contributed by atoms with van der Waals surface area (Å²) in [7, 11) is 0. The Morgan fingerprint density at radius 3 is 2.45 bits per heavy atom. The van der Waals surface area contributed by atoms with Crippen LogP contribution >= 0.6 is 11.8 Å². The van der Waals surface area contributed by atoms with E-state index in [1.54, 1.807) is 11.8 Å². The second-order valence-electron chi connectivity index (χ2n) is 5.14. The van der Waals surface area contributed by atoms with E-state index in [0.717, 1.165) is 35.0 Å². The van der Waals surface area contributed by atoms with Gasteiger partial charge in [0.05, 0.1) is 12.1 Å². The van der Waals surface area contributed by atoms with Crippen molar-refractivity contribution in [2.45, 2.75) is 38.5 Å². The molecule has 1 aromatic rings. The number of thioether (sulfide) groups is 1.